The fourth-order valence-corrected chi connectivity index (χ4v) is 3.92. The quantitative estimate of drug-likeness (QED) is 0.337. The van der Waals surface area contributed by atoms with Gasteiger partial charge in [-0.05, 0) is 74.1 Å². The Balaban J connectivity index is 1.53. The molecular formula is C28H26N4O2. The molecule has 0 amide bonds. The second-order valence-electron chi connectivity index (χ2n) is 8.43. The van der Waals surface area contributed by atoms with E-state index in [0.29, 0.717) is 6.61 Å². The van der Waals surface area contributed by atoms with Crippen LogP contribution < -0.4 is 4.74 Å². The van der Waals surface area contributed by atoms with Gasteiger partial charge in [0.05, 0.1) is 11.4 Å². The zero-order valence-corrected chi connectivity index (χ0v) is 19.2. The molecule has 0 saturated carbocycles. The number of phenols is 1. The van der Waals surface area contributed by atoms with Gasteiger partial charge < -0.3 is 19.7 Å². The number of benzene rings is 3. The van der Waals surface area contributed by atoms with Crippen LogP contribution >= 0.6 is 0 Å². The zero-order chi connectivity index (χ0) is 23.5. The second kappa shape index (κ2) is 9.37. The number of hydrogen-bond acceptors (Lipinski definition) is 5. The average Bonchev–Trinajstić information content (AvgIpc) is 3.30. The molecule has 5 aromatic rings. The molecule has 2 aromatic heterocycles. The Kier molecular flexibility index (Phi) is 5.97. The molecule has 0 saturated heterocycles. The molecule has 5 rings (SSSR count). The number of ether oxygens (including phenoxy) is 1. The highest BCUT2D eigenvalue weighted by atomic mass is 16.5. The number of pyridine rings is 1. The molecule has 0 radical (unpaired) electrons. The van der Waals surface area contributed by atoms with Crippen molar-refractivity contribution in [2.24, 2.45) is 0 Å². The van der Waals surface area contributed by atoms with Gasteiger partial charge in [-0.1, -0.05) is 18.2 Å². The summed E-state index contributed by atoms with van der Waals surface area (Å²) in [6.45, 7) is 1.50. The van der Waals surface area contributed by atoms with Crippen LogP contribution in [0.4, 0.5) is 0 Å². The van der Waals surface area contributed by atoms with Gasteiger partial charge in [-0.3, -0.25) is 4.98 Å². The number of fused-ring (bicyclic) bond motifs is 1. The number of aromatic hydroxyl groups is 1. The normalized spacial score (nSPS) is 11.3. The third kappa shape index (κ3) is 4.49. The largest absolute Gasteiger partial charge is 0.507 e. The summed E-state index contributed by atoms with van der Waals surface area (Å²) in [6, 6.07) is 23.4. The van der Waals surface area contributed by atoms with Crippen molar-refractivity contribution in [3.63, 3.8) is 0 Å². The molecule has 6 heteroatoms. The second-order valence-corrected chi connectivity index (χ2v) is 8.43. The lowest BCUT2D eigenvalue weighted by atomic mass is 10.0. The first-order valence-corrected chi connectivity index (χ1v) is 11.2. The summed E-state index contributed by atoms with van der Waals surface area (Å²) >= 11 is 0. The first-order chi connectivity index (χ1) is 16.6. The van der Waals surface area contributed by atoms with E-state index in [4.69, 9.17) is 9.72 Å². The molecule has 0 fully saturated rings. The van der Waals surface area contributed by atoms with Crippen LogP contribution in [0.25, 0.3) is 44.7 Å². The molecule has 0 unspecified atom stereocenters. The Morgan fingerprint density at radius 1 is 0.882 bits per heavy atom. The van der Waals surface area contributed by atoms with Crippen LogP contribution in [-0.2, 0) is 0 Å². The maximum atomic E-state index is 10.2. The number of likely N-dealkylation sites (N-methyl/N-ethyl adjacent to an activating group) is 1. The van der Waals surface area contributed by atoms with E-state index in [9.17, 15) is 5.11 Å². The van der Waals surface area contributed by atoms with Gasteiger partial charge in [0.25, 0.3) is 0 Å². The fourth-order valence-electron chi connectivity index (χ4n) is 3.92. The van der Waals surface area contributed by atoms with Crippen molar-refractivity contribution in [1.29, 1.82) is 0 Å². The number of H-pyrrole nitrogens is 1. The van der Waals surface area contributed by atoms with Gasteiger partial charge in [0.2, 0.25) is 0 Å². The van der Waals surface area contributed by atoms with Crippen molar-refractivity contribution in [2.75, 3.05) is 27.2 Å². The number of nitrogens with zero attached hydrogens (tertiary/aromatic N) is 3. The number of aromatic nitrogens is 3. The predicted octanol–water partition coefficient (Wildman–Crippen LogP) is 5.60. The highest BCUT2D eigenvalue weighted by Gasteiger charge is 2.16. The molecular weight excluding hydrogens is 424 g/mol. The molecule has 34 heavy (non-hydrogen) atoms. The van der Waals surface area contributed by atoms with Crippen molar-refractivity contribution in [1.82, 2.24) is 19.9 Å². The third-order valence-corrected chi connectivity index (χ3v) is 5.74. The number of nitrogens with one attached hydrogen (secondary N) is 1. The SMILES string of the molecule is CN(C)CCOc1ccc(-c2nc(-c3ccc4c(O)cccc4c3)c(-c3ccncc3)[nH]2)cc1. The smallest absolute Gasteiger partial charge is 0.138 e. The van der Waals surface area contributed by atoms with Crippen LogP contribution in [-0.4, -0.2) is 52.2 Å². The van der Waals surface area contributed by atoms with Gasteiger partial charge in [-0.2, -0.15) is 0 Å². The summed E-state index contributed by atoms with van der Waals surface area (Å²) in [7, 11) is 4.05. The van der Waals surface area contributed by atoms with E-state index in [1.54, 1.807) is 18.5 Å². The monoisotopic (exact) mass is 450 g/mol. The van der Waals surface area contributed by atoms with E-state index in [1.807, 2.05) is 74.8 Å². The maximum Gasteiger partial charge on any atom is 0.138 e. The summed E-state index contributed by atoms with van der Waals surface area (Å²) in [5.74, 6) is 1.88. The van der Waals surface area contributed by atoms with Crippen LogP contribution in [0, 0.1) is 0 Å². The van der Waals surface area contributed by atoms with Crippen molar-refractivity contribution >= 4 is 10.8 Å². The van der Waals surface area contributed by atoms with Gasteiger partial charge in [-0.25, -0.2) is 4.98 Å². The highest BCUT2D eigenvalue weighted by Crippen LogP contribution is 2.35. The minimum Gasteiger partial charge on any atom is -0.507 e. The molecule has 170 valence electrons. The maximum absolute atomic E-state index is 10.2. The van der Waals surface area contributed by atoms with E-state index < -0.39 is 0 Å². The number of rotatable bonds is 7. The van der Waals surface area contributed by atoms with Crippen LogP contribution in [0.3, 0.4) is 0 Å². The van der Waals surface area contributed by atoms with Crippen molar-refractivity contribution in [2.45, 2.75) is 0 Å². The van der Waals surface area contributed by atoms with E-state index >= 15 is 0 Å². The van der Waals surface area contributed by atoms with Crippen molar-refractivity contribution in [3.8, 4) is 45.4 Å². The van der Waals surface area contributed by atoms with Gasteiger partial charge >= 0.3 is 0 Å². The lowest BCUT2D eigenvalue weighted by Gasteiger charge is -2.11. The molecule has 0 spiro atoms. The molecule has 0 atom stereocenters. The van der Waals surface area contributed by atoms with Gasteiger partial charge in [-0.15, -0.1) is 0 Å². The molecule has 0 aliphatic rings. The zero-order valence-electron chi connectivity index (χ0n) is 19.2. The summed E-state index contributed by atoms with van der Waals surface area (Å²) in [5.41, 5.74) is 4.71. The van der Waals surface area contributed by atoms with Crippen LogP contribution in [0.15, 0.2) is 85.2 Å². The van der Waals surface area contributed by atoms with Crippen molar-refractivity contribution in [3.05, 3.63) is 85.2 Å². The van der Waals surface area contributed by atoms with Gasteiger partial charge in [0.15, 0.2) is 0 Å². The first kappa shape index (κ1) is 21.7. The number of hydrogen-bond donors (Lipinski definition) is 2. The van der Waals surface area contributed by atoms with Gasteiger partial charge in [0, 0.05) is 41.0 Å². The Labute approximate surface area is 198 Å². The predicted molar refractivity (Wildman–Crippen MR) is 136 cm³/mol. The van der Waals surface area contributed by atoms with Crippen molar-refractivity contribution < 1.29 is 9.84 Å². The minimum absolute atomic E-state index is 0.272. The molecule has 6 nitrogen and oxygen atoms in total. The number of imidazole rings is 1. The Bertz CT molecular complexity index is 1410. The molecule has 0 aliphatic heterocycles. The Morgan fingerprint density at radius 2 is 1.65 bits per heavy atom. The van der Waals surface area contributed by atoms with Crippen LogP contribution in [0.1, 0.15) is 0 Å². The lowest BCUT2D eigenvalue weighted by molar-refractivity contribution is 0.261. The van der Waals surface area contributed by atoms with Gasteiger partial charge in [0.1, 0.15) is 23.9 Å². The first-order valence-electron chi connectivity index (χ1n) is 11.2. The lowest BCUT2D eigenvalue weighted by Crippen LogP contribution is -2.19. The van der Waals surface area contributed by atoms with Crippen LogP contribution in [0.2, 0.25) is 0 Å². The fraction of sp³-hybridized carbons (Fsp3) is 0.143. The minimum atomic E-state index is 0.272. The highest BCUT2D eigenvalue weighted by molar-refractivity contribution is 5.93. The van der Waals surface area contributed by atoms with Crippen LogP contribution in [0.5, 0.6) is 11.5 Å². The third-order valence-electron chi connectivity index (χ3n) is 5.74. The summed E-state index contributed by atoms with van der Waals surface area (Å²) in [6.07, 6.45) is 3.55. The average molecular weight is 451 g/mol. The molecule has 0 aliphatic carbocycles. The summed E-state index contributed by atoms with van der Waals surface area (Å²) < 4.78 is 5.83. The number of aromatic amines is 1. The Morgan fingerprint density at radius 3 is 2.41 bits per heavy atom. The summed E-state index contributed by atoms with van der Waals surface area (Å²) in [5, 5.41) is 12.0. The Hall–Kier alpha value is -4.16. The number of phenolic OH excluding ortho intramolecular Hbond substituents is 1. The molecule has 2 N–H and O–H groups in total. The van der Waals surface area contributed by atoms with E-state index in [1.165, 1.54) is 0 Å². The standard InChI is InChI=1S/C28H26N4O2/c1-32(2)16-17-34-23-9-6-20(7-10-23)28-30-26(19-12-14-29-15-13-19)27(31-28)22-8-11-24-21(18-22)4-3-5-25(24)33/h3-15,18,33H,16-17H2,1-2H3,(H,30,31). The van der Waals surface area contributed by atoms with E-state index in [-0.39, 0.29) is 5.75 Å². The summed E-state index contributed by atoms with van der Waals surface area (Å²) in [4.78, 5) is 14.7. The van der Waals surface area contributed by atoms with E-state index in [2.05, 4.69) is 20.9 Å². The topological polar surface area (TPSA) is 74.3 Å². The molecule has 2 heterocycles. The molecule has 0 bridgehead atoms. The van der Waals surface area contributed by atoms with E-state index in [0.717, 1.165) is 57.0 Å². The molecule has 3 aromatic carbocycles.